The second-order valence-corrected chi connectivity index (χ2v) is 8.61. The summed E-state index contributed by atoms with van der Waals surface area (Å²) in [6.07, 6.45) is 5.98. The van der Waals surface area contributed by atoms with Crippen LogP contribution in [0.3, 0.4) is 0 Å². The van der Waals surface area contributed by atoms with Gasteiger partial charge in [-0.1, -0.05) is 6.07 Å². The van der Waals surface area contributed by atoms with Crippen LogP contribution in [-0.2, 0) is 33.0 Å². The molecule has 1 aromatic carbocycles. The molecule has 0 radical (unpaired) electrons. The van der Waals surface area contributed by atoms with Crippen molar-refractivity contribution in [2.24, 2.45) is 7.05 Å². The smallest absolute Gasteiger partial charge is 0.146 e. The van der Waals surface area contributed by atoms with Gasteiger partial charge in [0.15, 0.2) is 0 Å². The van der Waals surface area contributed by atoms with Crippen molar-refractivity contribution < 1.29 is 4.74 Å². The van der Waals surface area contributed by atoms with Crippen LogP contribution in [0.25, 0.3) is 0 Å². The molecule has 0 saturated carbocycles. The lowest BCUT2D eigenvalue weighted by molar-refractivity contribution is 0.198. The van der Waals surface area contributed by atoms with Crippen LogP contribution in [0.2, 0.25) is 0 Å². The average molecular weight is 384 g/mol. The summed E-state index contributed by atoms with van der Waals surface area (Å²) in [4.78, 5) is 4.70. The Bertz CT molecular complexity index is 821. The first-order valence-electron chi connectivity index (χ1n) is 10.5. The first-order chi connectivity index (χ1) is 13.5. The maximum absolute atomic E-state index is 5.70. The summed E-state index contributed by atoms with van der Waals surface area (Å²) in [5.41, 5.74) is 4.35. The number of benzene rings is 1. The molecule has 6 nitrogen and oxygen atoms in total. The molecule has 0 bridgehead atoms. The first kappa shape index (κ1) is 19.4. The second-order valence-electron chi connectivity index (χ2n) is 8.61. The van der Waals surface area contributed by atoms with Crippen LogP contribution in [0.1, 0.15) is 53.5 Å². The van der Waals surface area contributed by atoms with E-state index in [0.29, 0.717) is 5.92 Å². The van der Waals surface area contributed by atoms with Gasteiger partial charge in [-0.2, -0.15) is 0 Å². The minimum Gasteiger partial charge on any atom is -0.496 e. The zero-order chi connectivity index (χ0) is 19.7. The van der Waals surface area contributed by atoms with Gasteiger partial charge in [0.05, 0.1) is 13.7 Å². The highest BCUT2D eigenvalue weighted by molar-refractivity contribution is 5.44. The third-order valence-electron chi connectivity index (χ3n) is 6.30. The minimum atomic E-state index is 0.506. The maximum atomic E-state index is 5.70. The van der Waals surface area contributed by atoms with Crippen molar-refractivity contribution in [3.8, 4) is 5.75 Å². The van der Waals surface area contributed by atoms with Gasteiger partial charge < -0.3 is 14.2 Å². The van der Waals surface area contributed by atoms with Gasteiger partial charge in [0.1, 0.15) is 17.4 Å². The van der Waals surface area contributed by atoms with Gasteiger partial charge in [0.2, 0.25) is 0 Å². The molecule has 2 aromatic rings. The molecule has 0 spiro atoms. The lowest BCUT2D eigenvalue weighted by Gasteiger charge is -2.32. The summed E-state index contributed by atoms with van der Waals surface area (Å²) in [6.45, 7) is 4.01. The Hall–Kier alpha value is -1.92. The number of methoxy groups -OCH3 is 1. The fourth-order valence-corrected chi connectivity index (χ4v) is 4.71. The highest BCUT2D eigenvalue weighted by Crippen LogP contribution is 2.32. The van der Waals surface area contributed by atoms with E-state index in [1.807, 2.05) is 0 Å². The van der Waals surface area contributed by atoms with Gasteiger partial charge in [0.25, 0.3) is 0 Å². The summed E-state index contributed by atoms with van der Waals surface area (Å²) < 4.78 is 7.90. The number of hydrogen-bond acceptors (Lipinski definition) is 5. The molecule has 1 aromatic heterocycles. The number of hydrogen-bond donors (Lipinski definition) is 0. The van der Waals surface area contributed by atoms with Crippen molar-refractivity contribution in [3.63, 3.8) is 0 Å². The normalized spacial score (nSPS) is 18.0. The Balaban J connectivity index is 1.39. The fraction of sp³-hybridized carbons (Fsp3) is 0.636. The van der Waals surface area contributed by atoms with E-state index in [4.69, 9.17) is 4.74 Å². The number of rotatable bonds is 6. The number of aryl methyl sites for hydroxylation is 2. The standard InChI is InChI=1S/C22H33N5O/c1-25(2)15-21-23-24-22(26(21)3)16-8-10-27(11-9-16)14-19-12-17-6-5-7-18(17)13-20(19)28-4/h12-13,16H,5-11,14-15H2,1-4H3. The van der Waals surface area contributed by atoms with Crippen LogP contribution in [-0.4, -0.2) is 58.9 Å². The molecule has 0 unspecified atom stereocenters. The minimum absolute atomic E-state index is 0.506. The lowest BCUT2D eigenvalue weighted by Crippen LogP contribution is -2.33. The Morgan fingerprint density at radius 2 is 1.82 bits per heavy atom. The van der Waals surface area contributed by atoms with E-state index >= 15 is 0 Å². The fourth-order valence-electron chi connectivity index (χ4n) is 4.71. The molecule has 0 N–H and O–H groups in total. The van der Waals surface area contributed by atoms with E-state index in [1.54, 1.807) is 7.11 Å². The molecule has 6 heteroatoms. The van der Waals surface area contributed by atoms with Crippen LogP contribution in [0.4, 0.5) is 0 Å². The van der Waals surface area contributed by atoms with Crippen LogP contribution in [0.5, 0.6) is 5.75 Å². The Morgan fingerprint density at radius 1 is 1.11 bits per heavy atom. The largest absolute Gasteiger partial charge is 0.496 e. The van der Waals surface area contributed by atoms with Crippen molar-refractivity contribution in [1.82, 2.24) is 24.6 Å². The maximum Gasteiger partial charge on any atom is 0.146 e. The molecule has 4 rings (SSSR count). The number of fused-ring (bicyclic) bond motifs is 1. The molecular weight excluding hydrogens is 350 g/mol. The van der Waals surface area contributed by atoms with Gasteiger partial charge >= 0.3 is 0 Å². The predicted molar refractivity (Wildman–Crippen MR) is 111 cm³/mol. The monoisotopic (exact) mass is 383 g/mol. The number of aromatic nitrogens is 3. The number of likely N-dealkylation sites (tertiary alicyclic amines) is 1. The Morgan fingerprint density at radius 3 is 2.50 bits per heavy atom. The number of ether oxygens (including phenoxy) is 1. The molecular formula is C22H33N5O. The van der Waals surface area contributed by atoms with Crippen LogP contribution >= 0.6 is 0 Å². The highest BCUT2D eigenvalue weighted by Gasteiger charge is 2.26. The molecule has 2 heterocycles. The first-order valence-corrected chi connectivity index (χ1v) is 10.5. The van der Waals surface area contributed by atoms with E-state index in [0.717, 1.165) is 56.4 Å². The van der Waals surface area contributed by atoms with Crippen LogP contribution in [0, 0.1) is 0 Å². The van der Waals surface area contributed by atoms with E-state index in [1.165, 1.54) is 36.0 Å². The molecule has 0 atom stereocenters. The van der Waals surface area contributed by atoms with Crippen LogP contribution in [0.15, 0.2) is 12.1 Å². The summed E-state index contributed by atoms with van der Waals surface area (Å²) in [6, 6.07) is 4.67. The van der Waals surface area contributed by atoms with Crippen molar-refractivity contribution in [2.75, 3.05) is 34.3 Å². The van der Waals surface area contributed by atoms with E-state index in [9.17, 15) is 0 Å². The Kier molecular flexibility index (Phi) is 5.69. The third kappa shape index (κ3) is 3.94. The van der Waals surface area contributed by atoms with Gasteiger partial charge in [-0.25, -0.2) is 0 Å². The van der Waals surface area contributed by atoms with Crippen molar-refractivity contribution in [2.45, 2.75) is 51.1 Å². The predicted octanol–water partition coefficient (Wildman–Crippen LogP) is 2.75. The molecule has 1 aliphatic carbocycles. The van der Waals surface area contributed by atoms with Gasteiger partial charge in [0, 0.05) is 25.1 Å². The topological polar surface area (TPSA) is 46.4 Å². The summed E-state index contributed by atoms with van der Waals surface area (Å²) >= 11 is 0. The molecule has 1 aliphatic heterocycles. The van der Waals surface area contributed by atoms with E-state index < -0.39 is 0 Å². The SMILES string of the molecule is COc1cc2c(cc1CN1CCC(c3nnc(CN(C)C)n3C)CC1)CCC2. The van der Waals surface area contributed by atoms with Crippen molar-refractivity contribution in [1.29, 1.82) is 0 Å². The molecule has 28 heavy (non-hydrogen) atoms. The number of piperidine rings is 1. The quantitative estimate of drug-likeness (QED) is 0.768. The van der Waals surface area contributed by atoms with Crippen molar-refractivity contribution in [3.05, 3.63) is 40.5 Å². The van der Waals surface area contributed by atoms with E-state index in [-0.39, 0.29) is 0 Å². The summed E-state index contributed by atoms with van der Waals surface area (Å²) in [5.74, 6) is 3.76. The third-order valence-corrected chi connectivity index (χ3v) is 6.30. The van der Waals surface area contributed by atoms with Gasteiger partial charge in [-0.3, -0.25) is 4.90 Å². The molecule has 1 saturated heterocycles. The summed E-state index contributed by atoms with van der Waals surface area (Å²) in [5, 5.41) is 8.93. The zero-order valence-corrected chi connectivity index (χ0v) is 17.7. The molecule has 2 aliphatic rings. The average Bonchev–Trinajstić information content (AvgIpc) is 3.28. The van der Waals surface area contributed by atoms with Crippen molar-refractivity contribution >= 4 is 0 Å². The summed E-state index contributed by atoms with van der Waals surface area (Å²) in [7, 11) is 8.04. The Labute approximate surface area is 168 Å². The molecule has 0 amide bonds. The van der Waals surface area contributed by atoms with Crippen LogP contribution < -0.4 is 4.74 Å². The zero-order valence-electron chi connectivity index (χ0n) is 17.7. The molecule has 1 fully saturated rings. The lowest BCUT2D eigenvalue weighted by atomic mass is 9.95. The van der Waals surface area contributed by atoms with E-state index in [2.05, 4.69) is 57.8 Å². The number of nitrogens with zero attached hydrogens (tertiary/aromatic N) is 5. The molecule has 152 valence electrons. The highest BCUT2D eigenvalue weighted by atomic mass is 16.5. The van der Waals surface area contributed by atoms with Gasteiger partial charge in [-0.05, 0) is 76.5 Å². The second kappa shape index (κ2) is 8.21. The van der Waals surface area contributed by atoms with Gasteiger partial charge in [-0.15, -0.1) is 10.2 Å².